The molecular formula is C28H34ClN4O5P. The predicted molar refractivity (Wildman–Crippen MR) is 153 cm³/mol. The van der Waals surface area contributed by atoms with Gasteiger partial charge in [-0.2, -0.15) is 0 Å². The maximum atomic E-state index is 13.4. The standard InChI is InChI=1S/C28H34ClN4O5P/c1-3-5-11-22(17-38-39(34)36-15-20(16-37-39)19-9-8-10-21(29)14-19)33-25(18-35-4-2)32-26-27(33)23-12-6-7-13-24(23)31-28(26)30/h6-10,12-14,20,22H,3-5,11,15-18H2,1-2H3,(H2,30,31). The number of aromatic nitrogens is 3. The lowest BCUT2D eigenvalue weighted by molar-refractivity contribution is 0.0526. The maximum absolute atomic E-state index is 13.4. The molecule has 0 spiro atoms. The number of fused-ring (bicyclic) bond motifs is 3. The van der Waals surface area contributed by atoms with E-state index in [4.69, 9.17) is 40.6 Å². The molecule has 1 fully saturated rings. The van der Waals surface area contributed by atoms with Crippen LogP contribution in [0.1, 0.15) is 56.5 Å². The first-order chi connectivity index (χ1) is 18.9. The fourth-order valence-electron chi connectivity index (χ4n) is 4.94. The van der Waals surface area contributed by atoms with Gasteiger partial charge < -0.3 is 15.0 Å². The Morgan fingerprint density at radius 1 is 1.15 bits per heavy atom. The molecule has 1 saturated heterocycles. The average Bonchev–Trinajstić information content (AvgIpc) is 3.33. The topological polar surface area (TPSA) is 111 Å². The van der Waals surface area contributed by atoms with Crippen LogP contribution >= 0.6 is 19.4 Å². The minimum absolute atomic E-state index is 0.0810. The summed E-state index contributed by atoms with van der Waals surface area (Å²) in [6.07, 6.45) is 2.69. The van der Waals surface area contributed by atoms with Crippen LogP contribution in [-0.4, -0.2) is 41.0 Å². The van der Waals surface area contributed by atoms with Crippen molar-refractivity contribution >= 4 is 47.2 Å². The highest BCUT2D eigenvalue weighted by Crippen LogP contribution is 2.54. The highest BCUT2D eigenvalue weighted by Gasteiger charge is 2.36. The molecule has 1 unspecified atom stereocenters. The quantitative estimate of drug-likeness (QED) is 0.190. The molecule has 5 rings (SSSR count). The van der Waals surface area contributed by atoms with Gasteiger partial charge in [0.15, 0.2) is 5.82 Å². The number of hydrogen-bond acceptors (Lipinski definition) is 8. The molecule has 39 heavy (non-hydrogen) atoms. The molecule has 4 aromatic rings. The lowest BCUT2D eigenvalue weighted by atomic mass is 10.0. The molecule has 1 aliphatic rings. The third-order valence-electron chi connectivity index (χ3n) is 6.93. The number of hydrogen-bond donors (Lipinski definition) is 1. The van der Waals surface area contributed by atoms with Crippen molar-refractivity contribution in [1.82, 2.24) is 14.5 Å². The van der Waals surface area contributed by atoms with Crippen molar-refractivity contribution in [1.29, 1.82) is 0 Å². The summed E-state index contributed by atoms with van der Waals surface area (Å²) in [5, 5.41) is 1.56. The van der Waals surface area contributed by atoms with Crippen LogP contribution < -0.4 is 5.73 Å². The normalized spacial score (nSPS) is 20.5. The second-order valence-electron chi connectivity index (χ2n) is 9.63. The Kier molecular flexibility index (Phi) is 8.86. The van der Waals surface area contributed by atoms with Gasteiger partial charge in [-0.05, 0) is 37.1 Å². The van der Waals surface area contributed by atoms with Gasteiger partial charge in [0.25, 0.3) is 0 Å². The number of nitrogens with two attached hydrogens (primary N) is 1. The molecule has 1 atom stereocenters. The molecule has 0 radical (unpaired) electrons. The van der Waals surface area contributed by atoms with Crippen LogP contribution in [0.2, 0.25) is 5.02 Å². The number of halogens is 1. The number of benzene rings is 2. The number of unbranched alkanes of at least 4 members (excludes halogenated alkanes) is 1. The predicted octanol–water partition coefficient (Wildman–Crippen LogP) is 7.04. The lowest BCUT2D eigenvalue weighted by Crippen LogP contribution is -2.23. The Balaban J connectivity index is 1.44. The summed E-state index contributed by atoms with van der Waals surface area (Å²) in [5.74, 6) is 0.989. The minimum Gasteiger partial charge on any atom is -0.382 e. The smallest absolute Gasteiger partial charge is 0.382 e. The first-order valence-corrected chi connectivity index (χ1v) is 15.2. The van der Waals surface area contributed by atoms with Crippen molar-refractivity contribution in [3.05, 3.63) is 64.9 Å². The second-order valence-corrected chi connectivity index (χ2v) is 11.7. The molecule has 2 aromatic heterocycles. The van der Waals surface area contributed by atoms with Crippen LogP contribution in [0.5, 0.6) is 0 Å². The molecule has 1 aliphatic heterocycles. The number of phosphoric ester groups is 1. The van der Waals surface area contributed by atoms with Gasteiger partial charge in [-0.1, -0.05) is 61.7 Å². The van der Waals surface area contributed by atoms with Crippen LogP contribution in [0.25, 0.3) is 21.9 Å². The van der Waals surface area contributed by atoms with Gasteiger partial charge >= 0.3 is 7.82 Å². The van der Waals surface area contributed by atoms with E-state index in [-0.39, 0.29) is 31.8 Å². The second kappa shape index (κ2) is 12.3. The highest BCUT2D eigenvalue weighted by molar-refractivity contribution is 7.48. The largest absolute Gasteiger partial charge is 0.474 e. The zero-order valence-corrected chi connectivity index (χ0v) is 23.9. The fourth-order valence-corrected chi connectivity index (χ4v) is 6.44. The first-order valence-electron chi connectivity index (χ1n) is 13.3. The average molecular weight is 573 g/mol. The number of phosphoric acid groups is 1. The van der Waals surface area contributed by atoms with Crippen LogP contribution in [-0.2, 0) is 29.5 Å². The van der Waals surface area contributed by atoms with Gasteiger partial charge in [-0.3, -0.25) is 13.6 Å². The number of nitrogen functional groups attached to an aromatic ring is 1. The van der Waals surface area contributed by atoms with Gasteiger partial charge in [0.1, 0.15) is 17.9 Å². The number of anilines is 1. The van der Waals surface area contributed by atoms with E-state index in [9.17, 15) is 4.57 Å². The van der Waals surface area contributed by atoms with Gasteiger partial charge in [-0.25, -0.2) is 14.5 Å². The number of ether oxygens (including phenoxy) is 1. The molecule has 9 nitrogen and oxygen atoms in total. The van der Waals surface area contributed by atoms with Crippen LogP contribution in [0.3, 0.4) is 0 Å². The molecule has 2 aromatic carbocycles. The van der Waals surface area contributed by atoms with Crippen molar-refractivity contribution in [3.63, 3.8) is 0 Å². The number of nitrogens with zero attached hydrogens (tertiary/aromatic N) is 3. The lowest BCUT2D eigenvalue weighted by Gasteiger charge is -2.30. The van der Waals surface area contributed by atoms with E-state index in [2.05, 4.69) is 16.5 Å². The molecule has 2 N–H and O–H groups in total. The number of pyridine rings is 1. The van der Waals surface area contributed by atoms with Crippen LogP contribution in [0, 0.1) is 0 Å². The monoisotopic (exact) mass is 572 g/mol. The van der Waals surface area contributed by atoms with Gasteiger partial charge in [0, 0.05) is 22.9 Å². The third-order valence-corrected chi connectivity index (χ3v) is 8.56. The Morgan fingerprint density at radius 3 is 2.69 bits per heavy atom. The summed E-state index contributed by atoms with van der Waals surface area (Å²) >= 11 is 6.14. The van der Waals surface area contributed by atoms with E-state index in [1.54, 1.807) is 0 Å². The molecule has 0 aliphatic carbocycles. The minimum atomic E-state index is -3.76. The molecule has 0 amide bonds. The Bertz CT molecular complexity index is 1480. The van der Waals surface area contributed by atoms with Crippen molar-refractivity contribution < 1.29 is 22.9 Å². The molecule has 0 bridgehead atoms. The summed E-state index contributed by atoms with van der Waals surface area (Å²) < 4.78 is 38.7. The van der Waals surface area contributed by atoms with Crippen molar-refractivity contribution in [3.8, 4) is 0 Å². The fraction of sp³-hybridized carbons (Fsp3) is 0.429. The molecule has 208 valence electrons. The Hall–Kier alpha value is -2.52. The van der Waals surface area contributed by atoms with E-state index in [1.807, 2.05) is 55.5 Å². The number of para-hydroxylation sites is 1. The van der Waals surface area contributed by atoms with Gasteiger partial charge in [-0.15, -0.1) is 0 Å². The van der Waals surface area contributed by atoms with Crippen LogP contribution in [0.15, 0.2) is 48.5 Å². The molecule has 0 saturated carbocycles. The zero-order valence-electron chi connectivity index (χ0n) is 22.2. The number of imidazole rings is 1. The first kappa shape index (κ1) is 28.0. The molecule has 11 heteroatoms. The van der Waals surface area contributed by atoms with E-state index < -0.39 is 7.82 Å². The summed E-state index contributed by atoms with van der Waals surface area (Å²) in [7, 11) is -3.76. The van der Waals surface area contributed by atoms with Crippen LogP contribution in [0.4, 0.5) is 5.82 Å². The summed E-state index contributed by atoms with van der Waals surface area (Å²) in [6.45, 7) is 5.46. The van der Waals surface area contributed by atoms with Crippen molar-refractivity contribution in [2.75, 3.05) is 32.2 Å². The SMILES string of the molecule is CCCCC(COP1(=O)OCC(c2cccc(Cl)c2)CO1)n1c(COCC)nc2c(N)nc3ccccc3c21. The number of rotatable bonds is 11. The molecular weight excluding hydrogens is 539 g/mol. The maximum Gasteiger partial charge on any atom is 0.474 e. The Morgan fingerprint density at radius 2 is 1.95 bits per heavy atom. The van der Waals surface area contributed by atoms with E-state index in [0.717, 1.165) is 41.2 Å². The summed E-state index contributed by atoms with van der Waals surface area (Å²) in [4.78, 5) is 9.41. The summed E-state index contributed by atoms with van der Waals surface area (Å²) in [6, 6.07) is 15.1. The highest BCUT2D eigenvalue weighted by atomic mass is 35.5. The Labute approximate surface area is 233 Å². The van der Waals surface area contributed by atoms with Gasteiger partial charge in [0.05, 0.1) is 36.9 Å². The summed E-state index contributed by atoms with van der Waals surface area (Å²) in [5.41, 5.74) is 9.59. The zero-order chi connectivity index (χ0) is 27.4. The van der Waals surface area contributed by atoms with Gasteiger partial charge in [0.2, 0.25) is 0 Å². The van der Waals surface area contributed by atoms with E-state index in [1.165, 1.54) is 0 Å². The van der Waals surface area contributed by atoms with Crippen molar-refractivity contribution in [2.45, 2.75) is 51.7 Å². The van der Waals surface area contributed by atoms with Crippen molar-refractivity contribution in [2.24, 2.45) is 0 Å². The molecule has 3 heterocycles. The van der Waals surface area contributed by atoms with E-state index >= 15 is 0 Å². The third kappa shape index (κ3) is 6.14. The van der Waals surface area contributed by atoms with E-state index in [0.29, 0.717) is 35.4 Å².